The summed E-state index contributed by atoms with van der Waals surface area (Å²) < 4.78 is 5.74. The molecule has 92 valence electrons. The van der Waals surface area contributed by atoms with E-state index in [1.165, 1.54) is 15.8 Å². The first kappa shape index (κ1) is 11.4. The second-order valence-corrected chi connectivity index (χ2v) is 5.18. The first-order chi connectivity index (χ1) is 8.84. The minimum Gasteiger partial charge on any atom is -0.461 e. The molecule has 0 aliphatic rings. The molecule has 3 aromatic rings. The van der Waals surface area contributed by atoms with Gasteiger partial charge in [0.15, 0.2) is 0 Å². The van der Waals surface area contributed by atoms with Gasteiger partial charge in [0.1, 0.15) is 11.3 Å². The molecule has 0 bridgehead atoms. The second-order valence-electron chi connectivity index (χ2n) is 4.20. The number of aromatic nitrogens is 1. The molecule has 0 saturated heterocycles. The Hall–Kier alpha value is -1.65. The Morgan fingerprint density at radius 1 is 1.28 bits per heavy atom. The van der Waals surface area contributed by atoms with Gasteiger partial charge in [0.05, 0.1) is 5.51 Å². The van der Waals surface area contributed by atoms with Crippen LogP contribution in [-0.2, 0) is 13.1 Å². The maximum atomic E-state index is 5.74. The molecule has 0 radical (unpaired) electrons. The molecule has 0 saturated carbocycles. The van der Waals surface area contributed by atoms with Gasteiger partial charge in [0.2, 0.25) is 0 Å². The third kappa shape index (κ3) is 2.17. The lowest BCUT2D eigenvalue weighted by molar-refractivity contribution is 0.565. The molecule has 2 heterocycles. The molecule has 3 nitrogen and oxygen atoms in total. The SMILES string of the molecule is Cc1oc2ccccc2c1CNCc1cncs1. The number of para-hydroxylation sites is 1. The summed E-state index contributed by atoms with van der Waals surface area (Å²) in [6.45, 7) is 3.69. The van der Waals surface area contributed by atoms with E-state index in [0.29, 0.717) is 0 Å². The molecule has 0 atom stereocenters. The topological polar surface area (TPSA) is 38.1 Å². The van der Waals surface area contributed by atoms with E-state index in [1.807, 2.05) is 36.8 Å². The van der Waals surface area contributed by atoms with E-state index in [4.69, 9.17) is 4.42 Å². The number of aryl methyl sites for hydroxylation is 1. The van der Waals surface area contributed by atoms with Gasteiger partial charge in [-0.05, 0) is 13.0 Å². The van der Waals surface area contributed by atoms with E-state index in [9.17, 15) is 0 Å². The molecule has 3 rings (SSSR count). The molecule has 4 heteroatoms. The molecular formula is C14H14N2OS. The van der Waals surface area contributed by atoms with Crippen LogP contribution >= 0.6 is 11.3 Å². The standard InChI is InChI=1S/C14H14N2OS/c1-10-13(8-15-6-11-7-16-9-18-11)12-4-2-3-5-14(12)17-10/h2-5,7,9,15H,6,8H2,1H3. The zero-order valence-corrected chi connectivity index (χ0v) is 11.0. The number of benzene rings is 1. The Labute approximate surface area is 109 Å². The van der Waals surface area contributed by atoms with Crippen molar-refractivity contribution in [2.75, 3.05) is 0 Å². The number of thiazole rings is 1. The zero-order chi connectivity index (χ0) is 12.4. The molecule has 0 amide bonds. The van der Waals surface area contributed by atoms with Crippen LogP contribution in [-0.4, -0.2) is 4.98 Å². The Morgan fingerprint density at radius 3 is 3.00 bits per heavy atom. The summed E-state index contributed by atoms with van der Waals surface area (Å²) in [6.07, 6.45) is 1.90. The lowest BCUT2D eigenvalue weighted by Gasteiger charge is -2.02. The summed E-state index contributed by atoms with van der Waals surface area (Å²) in [5, 5.41) is 4.63. The summed E-state index contributed by atoms with van der Waals surface area (Å²) >= 11 is 1.67. The smallest absolute Gasteiger partial charge is 0.134 e. The van der Waals surface area contributed by atoms with Gasteiger partial charge in [0, 0.05) is 35.1 Å². The van der Waals surface area contributed by atoms with Crippen LogP contribution in [0.15, 0.2) is 40.4 Å². The van der Waals surface area contributed by atoms with Crippen molar-refractivity contribution in [1.29, 1.82) is 0 Å². The highest BCUT2D eigenvalue weighted by Gasteiger charge is 2.09. The quantitative estimate of drug-likeness (QED) is 0.778. The first-order valence-corrected chi connectivity index (χ1v) is 6.77. The third-order valence-corrected chi connectivity index (χ3v) is 3.76. The zero-order valence-electron chi connectivity index (χ0n) is 10.1. The molecule has 2 aromatic heterocycles. The van der Waals surface area contributed by atoms with Crippen LogP contribution in [0.3, 0.4) is 0 Å². The van der Waals surface area contributed by atoms with Gasteiger partial charge in [-0.3, -0.25) is 4.98 Å². The second kappa shape index (κ2) is 4.92. The molecule has 1 aromatic carbocycles. The number of fused-ring (bicyclic) bond motifs is 1. The Kier molecular flexibility index (Phi) is 3.13. The van der Waals surface area contributed by atoms with Crippen molar-refractivity contribution in [3.05, 3.63) is 52.2 Å². The molecule has 0 aliphatic carbocycles. The maximum absolute atomic E-state index is 5.74. The number of nitrogens with zero attached hydrogens (tertiary/aromatic N) is 1. The van der Waals surface area contributed by atoms with Crippen LogP contribution in [0.2, 0.25) is 0 Å². The van der Waals surface area contributed by atoms with Gasteiger partial charge < -0.3 is 9.73 Å². The highest BCUT2D eigenvalue weighted by Crippen LogP contribution is 2.25. The summed E-state index contributed by atoms with van der Waals surface area (Å²) in [5.74, 6) is 0.994. The Balaban J connectivity index is 1.76. The number of furan rings is 1. The van der Waals surface area contributed by atoms with E-state index >= 15 is 0 Å². The van der Waals surface area contributed by atoms with Crippen LogP contribution in [0, 0.1) is 6.92 Å². The Morgan fingerprint density at radius 2 is 2.17 bits per heavy atom. The minimum atomic E-state index is 0.820. The van der Waals surface area contributed by atoms with Gasteiger partial charge in [-0.1, -0.05) is 18.2 Å². The summed E-state index contributed by atoms with van der Waals surface area (Å²) in [6, 6.07) is 8.16. The third-order valence-electron chi connectivity index (χ3n) is 2.98. The van der Waals surface area contributed by atoms with Gasteiger partial charge in [-0.25, -0.2) is 0 Å². The summed E-state index contributed by atoms with van der Waals surface area (Å²) in [5.41, 5.74) is 4.06. The maximum Gasteiger partial charge on any atom is 0.134 e. The lowest BCUT2D eigenvalue weighted by atomic mass is 10.1. The highest BCUT2D eigenvalue weighted by atomic mass is 32.1. The van der Waals surface area contributed by atoms with Gasteiger partial charge in [-0.15, -0.1) is 11.3 Å². The Bertz CT molecular complexity index is 643. The average molecular weight is 258 g/mol. The van der Waals surface area contributed by atoms with E-state index in [1.54, 1.807) is 11.3 Å². The number of rotatable bonds is 4. The van der Waals surface area contributed by atoms with E-state index in [-0.39, 0.29) is 0 Å². The predicted molar refractivity (Wildman–Crippen MR) is 73.6 cm³/mol. The van der Waals surface area contributed by atoms with Crippen molar-refractivity contribution in [3.63, 3.8) is 0 Å². The normalized spacial score (nSPS) is 11.2. The number of hydrogen-bond acceptors (Lipinski definition) is 4. The molecule has 0 aliphatic heterocycles. The van der Waals surface area contributed by atoms with Gasteiger partial charge >= 0.3 is 0 Å². The molecule has 1 N–H and O–H groups in total. The van der Waals surface area contributed by atoms with Crippen LogP contribution in [0.25, 0.3) is 11.0 Å². The van der Waals surface area contributed by atoms with Gasteiger partial charge in [0.25, 0.3) is 0 Å². The van der Waals surface area contributed by atoms with Crippen molar-refractivity contribution >= 4 is 22.3 Å². The fraction of sp³-hybridized carbons (Fsp3) is 0.214. The van der Waals surface area contributed by atoms with E-state index < -0.39 is 0 Å². The highest BCUT2D eigenvalue weighted by molar-refractivity contribution is 7.09. The van der Waals surface area contributed by atoms with E-state index in [0.717, 1.165) is 24.4 Å². The largest absolute Gasteiger partial charge is 0.461 e. The summed E-state index contributed by atoms with van der Waals surface area (Å²) in [7, 11) is 0. The van der Waals surface area contributed by atoms with Crippen LogP contribution in [0.5, 0.6) is 0 Å². The van der Waals surface area contributed by atoms with Crippen molar-refractivity contribution in [1.82, 2.24) is 10.3 Å². The van der Waals surface area contributed by atoms with Crippen molar-refractivity contribution in [2.24, 2.45) is 0 Å². The molecule has 0 spiro atoms. The monoisotopic (exact) mass is 258 g/mol. The predicted octanol–water partition coefficient (Wildman–Crippen LogP) is 3.49. The van der Waals surface area contributed by atoms with Crippen molar-refractivity contribution in [2.45, 2.75) is 20.0 Å². The van der Waals surface area contributed by atoms with E-state index in [2.05, 4.69) is 16.4 Å². The summed E-state index contributed by atoms with van der Waals surface area (Å²) in [4.78, 5) is 5.32. The molecular weight excluding hydrogens is 244 g/mol. The molecule has 18 heavy (non-hydrogen) atoms. The van der Waals surface area contributed by atoms with Crippen molar-refractivity contribution in [3.8, 4) is 0 Å². The number of hydrogen-bond donors (Lipinski definition) is 1. The van der Waals surface area contributed by atoms with Crippen LogP contribution in [0.1, 0.15) is 16.2 Å². The lowest BCUT2D eigenvalue weighted by Crippen LogP contribution is -2.12. The fourth-order valence-corrected chi connectivity index (χ4v) is 2.65. The fourth-order valence-electron chi connectivity index (χ4n) is 2.08. The first-order valence-electron chi connectivity index (χ1n) is 5.89. The van der Waals surface area contributed by atoms with Crippen LogP contribution < -0.4 is 5.32 Å². The van der Waals surface area contributed by atoms with Gasteiger partial charge in [-0.2, -0.15) is 0 Å². The van der Waals surface area contributed by atoms with Crippen molar-refractivity contribution < 1.29 is 4.42 Å². The average Bonchev–Trinajstić information content (AvgIpc) is 2.98. The minimum absolute atomic E-state index is 0.820. The number of nitrogens with one attached hydrogen (secondary N) is 1. The molecule has 0 fully saturated rings. The van der Waals surface area contributed by atoms with Crippen LogP contribution in [0.4, 0.5) is 0 Å². The molecule has 0 unspecified atom stereocenters.